The molecule has 0 radical (unpaired) electrons. The van der Waals surface area contributed by atoms with Crippen LogP contribution in [-0.4, -0.2) is 31.1 Å². The van der Waals surface area contributed by atoms with Crippen molar-refractivity contribution in [2.24, 2.45) is 17.1 Å². The lowest BCUT2D eigenvalue weighted by atomic mass is 9.56. The van der Waals surface area contributed by atoms with E-state index in [1.807, 2.05) is 24.3 Å². The lowest BCUT2D eigenvalue weighted by molar-refractivity contribution is 0.160. The molecule has 0 spiro atoms. The fourth-order valence-electron chi connectivity index (χ4n) is 5.30. The number of hydrogen-bond donors (Lipinski definition) is 1. The second-order valence-corrected chi connectivity index (χ2v) is 7.71. The molecule has 1 aliphatic carbocycles. The van der Waals surface area contributed by atoms with Crippen molar-refractivity contribution in [2.75, 3.05) is 14.2 Å². The van der Waals surface area contributed by atoms with Crippen LogP contribution in [0.3, 0.4) is 0 Å². The highest BCUT2D eigenvalue weighted by atomic mass is 16.5. The molecule has 6 nitrogen and oxygen atoms in total. The van der Waals surface area contributed by atoms with Gasteiger partial charge in [0.05, 0.1) is 30.5 Å². The number of ether oxygens (including phenoxy) is 1. The first-order chi connectivity index (χ1) is 13.5. The summed E-state index contributed by atoms with van der Waals surface area (Å²) in [6.45, 7) is 0. The molecular weight excluding hydrogens is 350 g/mol. The minimum atomic E-state index is -1.60. The Balaban J connectivity index is 2.04. The van der Waals surface area contributed by atoms with Gasteiger partial charge in [0.1, 0.15) is 11.8 Å². The fraction of sp³-hybridized carbons (Fsp3) is 0.409. The molecule has 3 aliphatic rings. The van der Waals surface area contributed by atoms with E-state index >= 15 is 0 Å². The second-order valence-electron chi connectivity index (χ2n) is 7.71. The van der Waals surface area contributed by atoms with Crippen molar-refractivity contribution in [1.82, 2.24) is 4.90 Å². The van der Waals surface area contributed by atoms with Crippen LogP contribution in [0.1, 0.15) is 24.3 Å². The molecule has 2 heterocycles. The van der Waals surface area contributed by atoms with E-state index in [4.69, 9.17) is 10.5 Å². The zero-order chi connectivity index (χ0) is 20.1. The van der Waals surface area contributed by atoms with Crippen LogP contribution in [0.4, 0.5) is 0 Å². The first-order valence-electron chi connectivity index (χ1n) is 9.33. The second kappa shape index (κ2) is 6.41. The number of hydrogen-bond acceptors (Lipinski definition) is 6. The molecule has 1 saturated heterocycles. The number of likely N-dealkylation sites (N-methyl/N-ethyl adjacent to an activating group) is 1. The van der Waals surface area contributed by atoms with Gasteiger partial charge in [0.15, 0.2) is 5.41 Å². The minimum absolute atomic E-state index is 0.0688. The van der Waals surface area contributed by atoms with Gasteiger partial charge in [-0.1, -0.05) is 18.2 Å². The molecule has 1 aromatic carbocycles. The Kier molecular flexibility index (Phi) is 4.15. The number of fused-ring (bicyclic) bond motifs is 4. The lowest BCUT2D eigenvalue weighted by Gasteiger charge is -2.48. The molecule has 0 saturated carbocycles. The van der Waals surface area contributed by atoms with Crippen LogP contribution in [-0.2, 0) is 0 Å². The molecule has 28 heavy (non-hydrogen) atoms. The van der Waals surface area contributed by atoms with Gasteiger partial charge in [-0.25, -0.2) is 0 Å². The van der Waals surface area contributed by atoms with Crippen molar-refractivity contribution in [1.29, 1.82) is 15.8 Å². The summed E-state index contributed by atoms with van der Waals surface area (Å²) < 4.78 is 5.38. The summed E-state index contributed by atoms with van der Waals surface area (Å²) in [7, 11) is 3.66. The molecule has 2 bridgehead atoms. The number of methoxy groups -OCH3 is 1. The average Bonchev–Trinajstić information content (AvgIpc) is 2.96. The average molecular weight is 371 g/mol. The van der Waals surface area contributed by atoms with Gasteiger partial charge in [0, 0.05) is 23.9 Å². The number of nitriles is 3. The van der Waals surface area contributed by atoms with Gasteiger partial charge in [0.2, 0.25) is 0 Å². The fourth-order valence-corrected chi connectivity index (χ4v) is 5.30. The summed E-state index contributed by atoms with van der Waals surface area (Å²) in [5.41, 5.74) is 6.86. The smallest absolute Gasteiger partial charge is 0.191 e. The number of nitrogens with zero attached hydrogens (tertiary/aromatic N) is 4. The summed E-state index contributed by atoms with van der Waals surface area (Å²) in [5.74, 6) is 0.0273. The SMILES string of the molecule is COc1cccc([C@H]2[C@@H]3C(=CC4CC[C@H]3N4C)C(C#N)=C(N)C2(C#N)C#N)c1. The van der Waals surface area contributed by atoms with Gasteiger partial charge in [-0.05, 0) is 43.2 Å². The zero-order valence-electron chi connectivity index (χ0n) is 15.9. The third kappa shape index (κ3) is 2.21. The summed E-state index contributed by atoms with van der Waals surface area (Å²) in [4.78, 5) is 2.30. The van der Waals surface area contributed by atoms with E-state index < -0.39 is 11.3 Å². The quantitative estimate of drug-likeness (QED) is 0.855. The van der Waals surface area contributed by atoms with Gasteiger partial charge < -0.3 is 10.5 Å². The van der Waals surface area contributed by atoms with Crippen molar-refractivity contribution in [3.63, 3.8) is 0 Å². The number of benzene rings is 1. The molecule has 2 aliphatic heterocycles. The van der Waals surface area contributed by atoms with Crippen LogP contribution in [0.15, 0.2) is 47.2 Å². The molecule has 6 heteroatoms. The summed E-state index contributed by atoms with van der Waals surface area (Å²) in [6, 6.07) is 14.5. The van der Waals surface area contributed by atoms with Crippen LogP contribution in [0.2, 0.25) is 0 Å². The highest BCUT2D eigenvalue weighted by Gasteiger charge is 2.58. The van der Waals surface area contributed by atoms with Crippen molar-refractivity contribution < 1.29 is 4.74 Å². The first kappa shape index (κ1) is 18.1. The monoisotopic (exact) mass is 371 g/mol. The standard InChI is InChI=1S/C22H21N5O/c1-27-14-6-7-18(27)19-16(9-14)17(10-23)21(26)22(11-24,12-25)20(19)13-4-3-5-15(8-13)28-2/h3-5,8-9,14,18-20H,6-7,26H2,1-2H3/t14?,18-,19-,20+/m1/s1. The molecule has 4 rings (SSSR count). The zero-order valence-corrected chi connectivity index (χ0v) is 15.9. The molecule has 1 unspecified atom stereocenters. The maximum atomic E-state index is 10.1. The Morgan fingerprint density at radius 2 is 1.96 bits per heavy atom. The molecule has 0 amide bonds. The number of allylic oxidation sites excluding steroid dienone is 2. The molecule has 1 fully saturated rings. The van der Waals surface area contributed by atoms with Crippen molar-refractivity contribution in [2.45, 2.75) is 30.8 Å². The van der Waals surface area contributed by atoms with Gasteiger partial charge in [-0.3, -0.25) is 4.90 Å². The molecule has 0 aromatic heterocycles. The Morgan fingerprint density at radius 1 is 1.21 bits per heavy atom. The van der Waals surface area contributed by atoms with Crippen LogP contribution < -0.4 is 10.5 Å². The Hall–Kier alpha value is -3.27. The van der Waals surface area contributed by atoms with Crippen molar-refractivity contribution in [3.8, 4) is 24.0 Å². The van der Waals surface area contributed by atoms with E-state index in [0.29, 0.717) is 11.3 Å². The normalized spacial score (nSPS) is 30.5. The topological polar surface area (TPSA) is 110 Å². The summed E-state index contributed by atoms with van der Waals surface area (Å²) in [5, 5.41) is 30.1. The molecule has 2 N–H and O–H groups in total. The van der Waals surface area contributed by atoms with Gasteiger partial charge in [-0.15, -0.1) is 0 Å². The molecule has 4 atom stereocenters. The van der Waals surface area contributed by atoms with Gasteiger partial charge in [0.25, 0.3) is 0 Å². The Labute approximate surface area is 164 Å². The number of nitrogens with two attached hydrogens (primary N) is 1. The van der Waals surface area contributed by atoms with E-state index in [1.165, 1.54) is 0 Å². The summed E-state index contributed by atoms with van der Waals surface area (Å²) >= 11 is 0. The largest absolute Gasteiger partial charge is 0.497 e. The van der Waals surface area contributed by atoms with E-state index in [9.17, 15) is 15.8 Å². The van der Waals surface area contributed by atoms with Gasteiger partial charge >= 0.3 is 0 Å². The Bertz CT molecular complexity index is 1000. The van der Waals surface area contributed by atoms with E-state index in [-0.39, 0.29) is 23.7 Å². The predicted octanol–water partition coefficient (Wildman–Crippen LogP) is 2.58. The lowest BCUT2D eigenvalue weighted by Crippen LogP contribution is -2.51. The molecular formula is C22H21N5O. The molecule has 1 aromatic rings. The molecule has 140 valence electrons. The van der Waals surface area contributed by atoms with Crippen LogP contribution in [0.25, 0.3) is 0 Å². The van der Waals surface area contributed by atoms with E-state index in [0.717, 1.165) is 24.0 Å². The Morgan fingerprint density at radius 3 is 2.61 bits per heavy atom. The van der Waals surface area contributed by atoms with Crippen LogP contribution in [0.5, 0.6) is 5.75 Å². The van der Waals surface area contributed by atoms with Gasteiger partial charge in [-0.2, -0.15) is 15.8 Å². The van der Waals surface area contributed by atoms with Crippen LogP contribution >= 0.6 is 0 Å². The maximum Gasteiger partial charge on any atom is 0.191 e. The first-order valence-corrected chi connectivity index (χ1v) is 9.33. The van der Waals surface area contributed by atoms with Crippen LogP contribution in [0, 0.1) is 45.3 Å². The van der Waals surface area contributed by atoms with Crippen molar-refractivity contribution >= 4 is 0 Å². The van der Waals surface area contributed by atoms with Crippen molar-refractivity contribution in [3.05, 3.63) is 52.7 Å². The van der Waals surface area contributed by atoms with E-state index in [2.05, 4.69) is 36.2 Å². The summed E-state index contributed by atoms with van der Waals surface area (Å²) in [6.07, 6.45) is 4.07. The highest BCUT2D eigenvalue weighted by molar-refractivity contribution is 5.60. The van der Waals surface area contributed by atoms with E-state index in [1.54, 1.807) is 7.11 Å². The third-order valence-corrected chi connectivity index (χ3v) is 6.68. The third-order valence-electron chi connectivity index (χ3n) is 6.68. The highest BCUT2D eigenvalue weighted by Crippen LogP contribution is 2.58. The minimum Gasteiger partial charge on any atom is -0.497 e. The predicted molar refractivity (Wildman–Crippen MR) is 102 cm³/mol. The number of rotatable bonds is 2. The maximum absolute atomic E-state index is 10.1.